The molecular weight excluding hydrogens is 236 g/mol. The average Bonchev–Trinajstić information content (AvgIpc) is 2.41. The Balaban J connectivity index is 0.000000861. The predicted molar refractivity (Wildman–Crippen MR) is 79.6 cm³/mol. The third kappa shape index (κ3) is 4.09. The van der Waals surface area contributed by atoms with Crippen LogP contribution in [0.1, 0.15) is 62.1 Å². The molecule has 1 N–H and O–H groups in total. The Morgan fingerprint density at radius 3 is 2.47 bits per heavy atom. The molecule has 2 rings (SSSR count). The fourth-order valence-corrected chi connectivity index (χ4v) is 2.98. The zero-order valence-electron chi connectivity index (χ0n) is 12.6. The molecule has 1 aromatic carbocycles. The summed E-state index contributed by atoms with van der Waals surface area (Å²) < 4.78 is 0. The Hall–Kier alpha value is -1.31. The van der Waals surface area contributed by atoms with Crippen molar-refractivity contribution < 1.29 is 9.90 Å². The number of benzene rings is 1. The number of carboxylic acid groups (broad SMARTS) is 1. The van der Waals surface area contributed by atoms with Crippen LogP contribution in [0.3, 0.4) is 0 Å². The molecular formula is C17H26O2. The second kappa shape index (κ2) is 7.32. The molecule has 0 bridgehead atoms. The first kappa shape index (κ1) is 15.7. The lowest BCUT2D eigenvalue weighted by atomic mass is 9.77. The van der Waals surface area contributed by atoms with Crippen molar-refractivity contribution in [2.75, 3.05) is 0 Å². The smallest absolute Gasteiger partial charge is 0.306 e. The van der Waals surface area contributed by atoms with Crippen LogP contribution in [0.15, 0.2) is 18.2 Å². The van der Waals surface area contributed by atoms with Gasteiger partial charge in [0.1, 0.15) is 0 Å². The maximum absolute atomic E-state index is 11.1. The van der Waals surface area contributed by atoms with Crippen molar-refractivity contribution in [2.24, 2.45) is 5.92 Å². The van der Waals surface area contributed by atoms with Crippen LogP contribution in [-0.4, -0.2) is 11.1 Å². The lowest BCUT2D eigenvalue weighted by Gasteiger charge is -2.28. The summed E-state index contributed by atoms with van der Waals surface area (Å²) in [6.07, 6.45) is 3.82. The van der Waals surface area contributed by atoms with Crippen molar-refractivity contribution in [3.8, 4) is 0 Å². The third-order valence-electron chi connectivity index (χ3n) is 3.89. The minimum Gasteiger partial charge on any atom is -0.481 e. The number of hydrogen-bond acceptors (Lipinski definition) is 1. The highest BCUT2D eigenvalue weighted by molar-refractivity contribution is 5.70. The highest BCUT2D eigenvalue weighted by Crippen LogP contribution is 2.37. The second-order valence-corrected chi connectivity index (χ2v) is 5.26. The van der Waals surface area contributed by atoms with Crippen LogP contribution >= 0.6 is 0 Å². The van der Waals surface area contributed by atoms with E-state index in [1.54, 1.807) is 0 Å². The van der Waals surface area contributed by atoms with Crippen molar-refractivity contribution in [2.45, 2.75) is 59.3 Å². The molecule has 2 unspecified atom stereocenters. The summed E-state index contributed by atoms with van der Waals surface area (Å²) in [5.41, 5.74) is 3.93. The van der Waals surface area contributed by atoms with E-state index in [-0.39, 0.29) is 5.92 Å². The van der Waals surface area contributed by atoms with E-state index in [9.17, 15) is 4.79 Å². The monoisotopic (exact) mass is 262 g/mol. The summed E-state index contributed by atoms with van der Waals surface area (Å²) >= 11 is 0. The average molecular weight is 262 g/mol. The Bertz CT molecular complexity index is 423. The maximum Gasteiger partial charge on any atom is 0.306 e. The lowest BCUT2D eigenvalue weighted by molar-refractivity contribution is -0.142. The SMILES string of the molecule is CC.Cc1ccc(C2CCCC(C(=O)O)C2)c(C)c1. The molecule has 0 aromatic heterocycles. The minimum absolute atomic E-state index is 0.144. The molecule has 1 aliphatic rings. The molecule has 2 atom stereocenters. The number of carbonyl (C=O) groups is 1. The zero-order valence-corrected chi connectivity index (χ0v) is 12.6. The van der Waals surface area contributed by atoms with Crippen LogP contribution in [0.5, 0.6) is 0 Å². The molecule has 1 fully saturated rings. The highest BCUT2D eigenvalue weighted by atomic mass is 16.4. The Morgan fingerprint density at radius 1 is 1.21 bits per heavy atom. The van der Waals surface area contributed by atoms with Crippen LogP contribution in [0.25, 0.3) is 0 Å². The molecule has 0 aliphatic heterocycles. The van der Waals surface area contributed by atoms with Gasteiger partial charge in [-0.1, -0.05) is 44.0 Å². The molecule has 0 heterocycles. The van der Waals surface area contributed by atoms with E-state index in [2.05, 4.69) is 32.0 Å². The van der Waals surface area contributed by atoms with Crippen molar-refractivity contribution in [3.05, 3.63) is 34.9 Å². The van der Waals surface area contributed by atoms with Crippen LogP contribution in [0.2, 0.25) is 0 Å². The largest absolute Gasteiger partial charge is 0.481 e. The molecule has 1 aromatic rings. The van der Waals surface area contributed by atoms with Gasteiger partial charge in [0, 0.05) is 0 Å². The summed E-state index contributed by atoms with van der Waals surface area (Å²) in [5, 5.41) is 9.12. The fraction of sp³-hybridized carbons (Fsp3) is 0.588. The second-order valence-electron chi connectivity index (χ2n) is 5.26. The van der Waals surface area contributed by atoms with Gasteiger partial charge in [0.2, 0.25) is 0 Å². The molecule has 0 radical (unpaired) electrons. The van der Waals surface area contributed by atoms with Gasteiger partial charge in [-0.2, -0.15) is 0 Å². The van der Waals surface area contributed by atoms with Crippen LogP contribution < -0.4 is 0 Å². The van der Waals surface area contributed by atoms with Crippen LogP contribution in [0, 0.1) is 19.8 Å². The number of rotatable bonds is 2. The summed E-state index contributed by atoms with van der Waals surface area (Å²) in [5.74, 6) is -0.334. The van der Waals surface area contributed by atoms with Gasteiger partial charge in [0.15, 0.2) is 0 Å². The molecule has 0 amide bonds. The summed E-state index contributed by atoms with van der Waals surface area (Å²) in [7, 11) is 0. The van der Waals surface area contributed by atoms with Gasteiger partial charge in [0.25, 0.3) is 0 Å². The summed E-state index contributed by atoms with van der Waals surface area (Å²) in [6.45, 7) is 8.23. The van der Waals surface area contributed by atoms with Gasteiger partial charge in [-0.3, -0.25) is 4.79 Å². The quantitative estimate of drug-likeness (QED) is 0.839. The van der Waals surface area contributed by atoms with Gasteiger partial charge in [-0.15, -0.1) is 0 Å². The first-order valence-corrected chi connectivity index (χ1v) is 7.38. The van der Waals surface area contributed by atoms with Gasteiger partial charge in [-0.05, 0) is 50.2 Å². The van der Waals surface area contributed by atoms with E-state index in [1.807, 2.05) is 13.8 Å². The highest BCUT2D eigenvalue weighted by Gasteiger charge is 2.28. The normalized spacial score (nSPS) is 22.3. The third-order valence-corrected chi connectivity index (χ3v) is 3.89. The predicted octanol–water partition coefficient (Wildman–Crippen LogP) is 4.69. The Labute approximate surface area is 116 Å². The molecule has 0 spiro atoms. The van der Waals surface area contributed by atoms with Gasteiger partial charge < -0.3 is 5.11 Å². The number of aryl methyl sites for hydroxylation is 2. The summed E-state index contributed by atoms with van der Waals surface area (Å²) in [4.78, 5) is 11.1. The first-order chi connectivity index (χ1) is 9.08. The van der Waals surface area contributed by atoms with E-state index in [0.717, 1.165) is 25.7 Å². The molecule has 0 saturated heterocycles. The van der Waals surface area contributed by atoms with Crippen LogP contribution in [0.4, 0.5) is 0 Å². The van der Waals surface area contributed by atoms with E-state index < -0.39 is 5.97 Å². The first-order valence-electron chi connectivity index (χ1n) is 7.38. The Kier molecular flexibility index (Phi) is 6.07. The van der Waals surface area contributed by atoms with Gasteiger partial charge in [0.05, 0.1) is 5.92 Å². The van der Waals surface area contributed by atoms with E-state index in [1.165, 1.54) is 16.7 Å². The zero-order chi connectivity index (χ0) is 14.4. The molecule has 1 saturated carbocycles. The summed E-state index contributed by atoms with van der Waals surface area (Å²) in [6, 6.07) is 6.51. The number of carboxylic acids is 1. The topological polar surface area (TPSA) is 37.3 Å². The number of hydrogen-bond donors (Lipinski definition) is 1. The molecule has 19 heavy (non-hydrogen) atoms. The van der Waals surface area contributed by atoms with Crippen molar-refractivity contribution >= 4 is 5.97 Å². The van der Waals surface area contributed by atoms with E-state index >= 15 is 0 Å². The fourth-order valence-electron chi connectivity index (χ4n) is 2.98. The Morgan fingerprint density at radius 2 is 1.89 bits per heavy atom. The molecule has 2 nitrogen and oxygen atoms in total. The molecule has 106 valence electrons. The van der Waals surface area contributed by atoms with Crippen LogP contribution in [-0.2, 0) is 4.79 Å². The van der Waals surface area contributed by atoms with Crippen molar-refractivity contribution in [3.63, 3.8) is 0 Å². The van der Waals surface area contributed by atoms with E-state index in [0.29, 0.717) is 5.92 Å². The van der Waals surface area contributed by atoms with Gasteiger partial charge >= 0.3 is 5.97 Å². The van der Waals surface area contributed by atoms with E-state index in [4.69, 9.17) is 5.11 Å². The minimum atomic E-state index is -0.625. The maximum atomic E-state index is 11.1. The molecule has 2 heteroatoms. The standard InChI is InChI=1S/C15H20O2.C2H6/c1-10-6-7-14(11(2)8-10)12-4-3-5-13(9-12)15(16)17;1-2/h6-8,12-13H,3-5,9H2,1-2H3,(H,16,17);1-2H3. The lowest BCUT2D eigenvalue weighted by Crippen LogP contribution is -2.21. The van der Waals surface area contributed by atoms with Crippen molar-refractivity contribution in [1.82, 2.24) is 0 Å². The van der Waals surface area contributed by atoms with Gasteiger partial charge in [-0.25, -0.2) is 0 Å². The van der Waals surface area contributed by atoms with Crippen molar-refractivity contribution in [1.29, 1.82) is 0 Å². The molecule has 1 aliphatic carbocycles. The number of aliphatic carboxylic acids is 1.